The van der Waals surface area contributed by atoms with Crippen molar-refractivity contribution in [2.75, 3.05) is 33.2 Å². The van der Waals surface area contributed by atoms with Gasteiger partial charge in [0.25, 0.3) is 0 Å². The highest BCUT2D eigenvalue weighted by Crippen LogP contribution is 2.21. The number of hydrogen-bond donors (Lipinski definition) is 1. The van der Waals surface area contributed by atoms with Crippen molar-refractivity contribution in [1.29, 1.82) is 0 Å². The fourth-order valence-electron chi connectivity index (χ4n) is 2.49. The molecular weight excluding hydrogens is 222 g/mol. The molecule has 0 radical (unpaired) electrons. The van der Waals surface area contributed by atoms with Gasteiger partial charge in [0.1, 0.15) is 0 Å². The van der Waals surface area contributed by atoms with E-state index in [4.69, 9.17) is 0 Å². The van der Waals surface area contributed by atoms with Crippen LogP contribution in [0.4, 0.5) is 0 Å². The summed E-state index contributed by atoms with van der Waals surface area (Å²) in [6.45, 7) is 18.4. The molecule has 0 aromatic heterocycles. The highest BCUT2D eigenvalue weighted by Gasteiger charge is 2.32. The number of nitrogens with one attached hydrogen (secondary N) is 1. The van der Waals surface area contributed by atoms with Gasteiger partial charge in [-0.15, -0.1) is 0 Å². The molecule has 0 bridgehead atoms. The van der Waals surface area contributed by atoms with Gasteiger partial charge in [-0.05, 0) is 61.6 Å². The lowest BCUT2D eigenvalue weighted by atomic mass is 9.98. The Balaban J connectivity index is 2.36. The van der Waals surface area contributed by atoms with E-state index in [1.807, 2.05) is 0 Å². The number of piperazine rings is 1. The first-order valence-electron chi connectivity index (χ1n) is 7.32. The topological polar surface area (TPSA) is 18.5 Å². The van der Waals surface area contributed by atoms with E-state index < -0.39 is 0 Å². The highest BCUT2D eigenvalue weighted by atomic mass is 15.3. The average Bonchev–Trinajstić information content (AvgIpc) is 2.20. The molecule has 1 saturated heterocycles. The zero-order valence-corrected chi connectivity index (χ0v) is 13.5. The number of hydrogen-bond acceptors (Lipinski definition) is 3. The minimum Gasteiger partial charge on any atom is -0.312 e. The van der Waals surface area contributed by atoms with Crippen LogP contribution < -0.4 is 5.32 Å². The summed E-state index contributed by atoms with van der Waals surface area (Å²) in [4.78, 5) is 5.12. The second kappa shape index (κ2) is 5.89. The molecule has 1 unspecified atom stereocenters. The number of likely N-dealkylation sites (N-methyl/N-ethyl adjacent to an activating group) is 1. The molecule has 1 fully saturated rings. The van der Waals surface area contributed by atoms with E-state index >= 15 is 0 Å². The molecule has 1 N–H and O–H groups in total. The summed E-state index contributed by atoms with van der Waals surface area (Å²) in [6, 6.07) is 0.674. The minimum absolute atomic E-state index is 0.237. The third kappa shape index (κ3) is 4.87. The van der Waals surface area contributed by atoms with Gasteiger partial charge >= 0.3 is 0 Å². The van der Waals surface area contributed by atoms with Crippen LogP contribution in [0.3, 0.4) is 0 Å². The Morgan fingerprint density at radius 3 is 2.33 bits per heavy atom. The predicted molar refractivity (Wildman–Crippen MR) is 80.1 cm³/mol. The third-order valence-corrected chi connectivity index (χ3v) is 4.19. The Bertz CT molecular complexity index is 255. The molecule has 0 aromatic carbocycles. The first-order valence-corrected chi connectivity index (χ1v) is 7.32. The van der Waals surface area contributed by atoms with E-state index in [2.05, 4.69) is 63.7 Å². The van der Waals surface area contributed by atoms with Crippen molar-refractivity contribution in [1.82, 2.24) is 15.1 Å². The molecule has 3 heteroatoms. The van der Waals surface area contributed by atoms with Crippen LogP contribution in [0.2, 0.25) is 0 Å². The second-order valence-electron chi connectivity index (χ2n) is 7.52. The molecule has 1 aliphatic rings. The van der Waals surface area contributed by atoms with Crippen LogP contribution in [0.5, 0.6) is 0 Å². The van der Waals surface area contributed by atoms with Crippen molar-refractivity contribution in [3.8, 4) is 0 Å². The molecule has 1 aliphatic heterocycles. The second-order valence-corrected chi connectivity index (χ2v) is 7.52. The Morgan fingerprint density at radius 2 is 1.83 bits per heavy atom. The summed E-state index contributed by atoms with van der Waals surface area (Å²) in [5.74, 6) is 0. The van der Waals surface area contributed by atoms with E-state index in [1.54, 1.807) is 0 Å². The predicted octanol–water partition coefficient (Wildman–Crippen LogP) is 2.18. The number of nitrogens with zero attached hydrogens (tertiary/aromatic N) is 2. The summed E-state index contributed by atoms with van der Waals surface area (Å²) in [7, 11) is 2.24. The quantitative estimate of drug-likeness (QED) is 0.831. The Kier molecular flexibility index (Phi) is 5.22. The first kappa shape index (κ1) is 15.9. The molecule has 18 heavy (non-hydrogen) atoms. The van der Waals surface area contributed by atoms with Crippen molar-refractivity contribution >= 4 is 0 Å². The van der Waals surface area contributed by atoms with Gasteiger partial charge in [0.2, 0.25) is 0 Å². The normalized spacial score (nSPS) is 24.2. The SMILES string of the molecule is CC(CCNC(C)(C)C)N1CCN(C)C(C)(C)C1. The van der Waals surface area contributed by atoms with E-state index in [0.717, 1.165) is 6.54 Å². The van der Waals surface area contributed by atoms with Crippen LogP contribution in [0.1, 0.15) is 48.0 Å². The van der Waals surface area contributed by atoms with Crippen LogP contribution in [0.15, 0.2) is 0 Å². The first-order chi connectivity index (χ1) is 8.12. The van der Waals surface area contributed by atoms with Gasteiger partial charge < -0.3 is 5.32 Å². The largest absolute Gasteiger partial charge is 0.312 e. The van der Waals surface area contributed by atoms with Gasteiger partial charge in [0.15, 0.2) is 0 Å². The van der Waals surface area contributed by atoms with Crippen LogP contribution in [0.25, 0.3) is 0 Å². The summed E-state index contributed by atoms with van der Waals surface area (Å²) in [5, 5.41) is 3.58. The maximum absolute atomic E-state index is 3.58. The highest BCUT2D eigenvalue weighted by molar-refractivity contribution is 4.90. The van der Waals surface area contributed by atoms with Gasteiger partial charge in [-0.3, -0.25) is 9.80 Å². The molecule has 0 spiro atoms. The fraction of sp³-hybridized carbons (Fsp3) is 1.00. The molecule has 0 aliphatic carbocycles. The standard InChI is InChI=1S/C15H33N3/c1-13(8-9-16-14(2,3)4)18-11-10-17(7)15(5,6)12-18/h13,16H,8-12H2,1-7H3. The van der Waals surface area contributed by atoms with Crippen molar-refractivity contribution in [2.24, 2.45) is 0 Å². The van der Waals surface area contributed by atoms with Gasteiger partial charge in [-0.2, -0.15) is 0 Å². The van der Waals surface area contributed by atoms with E-state index in [-0.39, 0.29) is 5.54 Å². The zero-order chi connectivity index (χ0) is 14.0. The van der Waals surface area contributed by atoms with Crippen molar-refractivity contribution in [3.05, 3.63) is 0 Å². The summed E-state index contributed by atoms with van der Waals surface area (Å²) < 4.78 is 0. The summed E-state index contributed by atoms with van der Waals surface area (Å²) in [5.41, 5.74) is 0.547. The van der Waals surface area contributed by atoms with Crippen LogP contribution in [-0.4, -0.2) is 60.1 Å². The fourth-order valence-corrected chi connectivity index (χ4v) is 2.49. The molecule has 0 aromatic rings. The maximum atomic E-state index is 3.58. The van der Waals surface area contributed by atoms with Gasteiger partial charge in [-0.25, -0.2) is 0 Å². The van der Waals surface area contributed by atoms with Crippen molar-refractivity contribution < 1.29 is 0 Å². The molecule has 3 nitrogen and oxygen atoms in total. The monoisotopic (exact) mass is 255 g/mol. The molecule has 1 heterocycles. The molecule has 0 amide bonds. The lowest BCUT2D eigenvalue weighted by Gasteiger charge is -2.47. The van der Waals surface area contributed by atoms with E-state index in [9.17, 15) is 0 Å². The summed E-state index contributed by atoms with van der Waals surface area (Å²) >= 11 is 0. The van der Waals surface area contributed by atoms with Gasteiger partial charge in [0.05, 0.1) is 0 Å². The van der Waals surface area contributed by atoms with E-state index in [1.165, 1.54) is 26.1 Å². The number of rotatable bonds is 4. The maximum Gasteiger partial charge on any atom is 0.0277 e. The van der Waals surface area contributed by atoms with Gasteiger partial charge in [-0.1, -0.05) is 0 Å². The Hall–Kier alpha value is -0.120. The molecule has 0 saturated carbocycles. The molecule has 1 atom stereocenters. The van der Waals surface area contributed by atoms with Crippen molar-refractivity contribution in [2.45, 2.75) is 65.1 Å². The van der Waals surface area contributed by atoms with E-state index in [0.29, 0.717) is 11.6 Å². The van der Waals surface area contributed by atoms with Gasteiger partial charge in [0, 0.05) is 36.8 Å². The molecular formula is C15H33N3. The van der Waals surface area contributed by atoms with Crippen LogP contribution >= 0.6 is 0 Å². The molecule has 1 rings (SSSR count). The third-order valence-electron chi connectivity index (χ3n) is 4.19. The average molecular weight is 255 g/mol. The van der Waals surface area contributed by atoms with Crippen LogP contribution in [0, 0.1) is 0 Å². The lowest BCUT2D eigenvalue weighted by Crippen LogP contribution is -2.59. The van der Waals surface area contributed by atoms with Crippen LogP contribution in [-0.2, 0) is 0 Å². The Labute approximate surface area is 114 Å². The zero-order valence-electron chi connectivity index (χ0n) is 13.5. The summed E-state index contributed by atoms with van der Waals surface area (Å²) in [6.07, 6.45) is 1.23. The van der Waals surface area contributed by atoms with Crippen molar-refractivity contribution in [3.63, 3.8) is 0 Å². The lowest BCUT2D eigenvalue weighted by molar-refractivity contribution is 0.0186. The Morgan fingerprint density at radius 1 is 1.22 bits per heavy atom. The smallest absolute Gasteiger partial charge is 0.0277 e. The minimum atomic E-state index is 0.237. The molecule has 108 valence electrons.